The molecule has 1 atom stereocenters. The molecular formula is C13H15BrN2O5. The minimum atomic E-state index is -0.984. The Morgan fingerprint density at radius 2 is 1.95 bits per heavy atom. The summed E-state index contributed by atoms with van der Waals surface area (Å²) in [6, 6.07) is 3.78. The lowest BCUT2D eigenvalue weighted by molar-refractivity contribution is -0.385. The van der Waals surface area contributed by atoms with Crippen LogP contribution in [0.1, 0.15) is 31.1 Å². The van der Waals surface area contributed by atoms with Gasteiger partial charge < -0.3 is 10.1 Å². The first-order valence-electron chi connectivity index (χ1n) is 6.17. The average Bonchev–Trinajstić information content (AvgIpc) is 2.37. The first-order chi connectivity index (χ1) is 9.72. The van der Waals surface area contributed by atoms with Crippen molar-refractivity contribution in [1.29, 1.82) is 0 Å². The molecule has 8 heteroatoms. The van der Waals surface area contributed by atoms with Gasteiger partial charge in [0.05, 0.1) is 15.0 Å². The lowest BCUT2D eigenvalue weighted by Crippen LogP contribution is -2.39. The number of hydrogen-bond donors (Lipinski definition) is 1. The Morgan fingerprint density at radius 1 is 1.33 bits per heavy atom. The first-order valence-corrected chi connectivity index (χ1v) is 6.97. The fourth-order valence-electron chi connectivity index (χ4n) is 1.46. The van der Waals surface area contributed by atoms with Crippen molar-refractivity contribution in [1.82, 2.24) is 5.32 Å². The van der Waals surface area contributed by atoms with Crippen LogP contribution in [0.4, 0.5) is 5.69 Å². The van der Waals surface area contributed by atoms with Crippen LogP contribution in [0.2, 0.25) is 0 Å². The molecule has 1 amide bonds. The van der Waals surface area contributed by atoms with Crippen molar-refractivity contribution in [2.24, 2.45) is 0 Å². The number of ether oxygens (including phenoxy) is 1. The number of nitrogens with one attached hydrogen (secondary N) is 1. The molecule has 1 aromatic carbocycles. The maximum Gasteiger partial charge on any atom is 0.339 e. The van der Waals surface area contributed by atoms with Crippen molar-refractivity contribution < 1.29 is 19.2 Å². The van der Waals surface area contributed by atoms with E-state index < -0.39 is 22.9 Å². The second kappa shape index (κ2) is 7.16. The van der Waals surface area contributed by atoms with Crippen molar-refractivity contribution in [3.63, 3.8) is 0 Å². The molecule has 114 valence electrons. The van der Waals surface area contributed by atoms with Gasteiger partial charge in [-0.2, -0.15) is 0 Å². The van der Waals surface area contributed by atoms with Gasteiger partial charge in [-0.1, -0.05) is 0 Å². The van der Waals surface area contributed by atoms with Crippen LogP contribution in [0.25, 0.3) is 0 Å². The van der Waals surface area contributed by atoms with Crippen molar-refractivity contribution in [3.05, 3.63) is 38.3 Å². The van der Waals surface area contributed by atoms with E-state index in [-0.39, 0.29) is 21.8 Å². The standard InChI is InChI=1S/C13H15BrN2O5/c1-7(2)15-12(17)8(3)21-13(18)9-4-5-10(14)11(6-9)16(19)20/h4-8H,1-3H3,(H,15,17)/t8-/m1/s1. The number of hydrogen-bond acceptors (Lipinski definition) is 5. The summed E-state index contributed by atoms with van der Waals surface area (Å²) in [5.41, 5.74) is -0.238. The zero-order valence-electron chi connectivity index (χ0n) is 11.8. The smallest absolute Gasteiger partial charge is 0.339 e. The summed E-state index contributed by atoms with van der Waals surface area (Å²) in [6.45, 7) is 5.00. The number of carbonyl (C=O) groups is 2. The third kappa shape index (κ3) is 4.82. The van der Waals surface area contributed by atoms with Gasteiger partial charge in [0.25, 0.3) is 11.6 Å². The van der Waals surface area contributed by atoms with E-state index in [2.05, 4.69) is 21.2 Å². The third-order valence-corrected chi connectivity index (χ3v) is 3.13. The van der Waals surface area contributed by atoms with E-state index in [9.17, 15) is 19.7 Å². The molecule has 0 fully saturated rings. The monoisotopic (exact) mass is 358 g/mol. The number of benzene rings is 1. The summed E-state index contributed by atoms with van der Waals surface area (Å²) < 4.78 is 5.24. The molecule has 7 nitrogen and oxygen atoms in total. The van der Waals surface area contributed by atoms with Gasteiger partial charge >= 0.3 is 5.97 Å². The number of amides is 1. The third-order valence-electron chi connectivity index (χ3n) is 2.46. The van der Waals surface area contributed by atoms with Gasteiger partial charge in [0, 0.05) is 12.1 Å². The van der Waals surface area contributed by atoms with Crippen molar-refractivity contribution in [2.45, 2.75) is 32.9 Å². The first kappa shape index (κ1) is 17.1. The van der Waals surface area contributed by atoms with Gasteiger partial charge in [-0.25, -0.2) is 4.79 Å². The van der Waals surface area contributed by atoms with Crippen LogP contribution in [-0.2, 0) is 9.53 Å². The number of halogens is 1. The van der Waals surface area contributed by atoms with E-state index >= 15 is 0 Å². The molecule has 0 radical (unpaired) electrons. The molecule has 1 aromatic rings. The molecule has 0 bridgehead atoms. The van der Waals surface area contributed by atoms with Crippen LogP contribution in [0.5, 0.6) is 0 Å². The molecule has 0 heterocycles. The van der Waals surface area contributed by atoms with Gasteiger partial charge in [0.1, 0.15) is 0 Å². The minimum Gasteiger partial charge on any atom is -0.449 e. The molecule has 0 aromatic heterocycles. The molecule has 0 aliphatic carbocycles. The highest BCUT2D eigenvalue weighted by atomic mass is 79.9. The second-order valence-corrected chi connectivity index (χ2v) is 5.49. The van der Waals surface area contributed by atoms with Gasteiger partial charge in [-0.3, -0.25) is 14.9 Å². The zero-order valence-corrected chi connectivity index (χ0v) is 13.3. The quantitative estimate of drug-likeness (QED) is 0.495. The number of esters is 1. The Labute approximate surface area is 129 Å². The fourth-order valence-corrected chi connectivity index (χ4v) is 1.85. The molecule has 1 N–H and O–H groups in total. The SMILES string of the molecule is CC(C)NC(=O)[C@@H](C)OC(=O)c1ccc(Br)c([N+](=O)[O-])c1. The molecular weight excluding hydrogens is 344 g/mol. The topological polar surface area (TPSA) is 98.5 Å². The lowest BCUT2D eigenvalue weighted by Gasteiger charge is -2.15. The van der Waals surface area contributed by atoms with Gasteiger partial charge in [-0.05, 0) is 48.8 Å². The fraction of sp³-hybridized carbons (Fsp3) is 0.385. The van der Waals surface area contributed by atoms with E-state index in [0.29, 0.717) is 0 Å². The molecule has 0 aliphatic heterocycles. The number of nitro benzene ring substituents is 1. The van der Waals surface area contributed by atoms with E-state index in [1.54, 1.807) is 13.8 Å². The Hall–Kier alpha value is -1.96. The molecule has 21 heavy (non-hydrogen) atoms. The number of nitrogens with zero attached hydrogens (tertiary/aromatic N) is 1. The predicted octanol–water partition coefficient (Wildman–Crippen LogP) is 2.43. The summed E-state index contributed by atoms with van der Waals surface area (Å²) >= 11 is 3.02. The molecule has 0 saturated carbocycles. The summed E-state index contributed by atoms with van der Waals surface area (Å²) in [5.74, 6) is -1.22. The maximum absolute atomic E-state index is 11.9. The summed E-state index contributed by atoms with van der Waals surface area (Å²) in [5, 5.41) is 13.4. The number of carbonyl (C=O) groups excluding carboxylic acids is 2. The van der Waals surface area contributed by atoms with E-state index in [4.69, 9.17) is 4.74 Å². The Balaban J connectivity index is 2.83. The van der Waals surface area contributed by atoms with E-state index in [1.165, 1.54) is 19.1 Å². The predicted molar refractivity (Wildman–Crippen MR) is 79.0 cm³/mol. The minimum absolute atomic E-state index is 0.00842. The molecule has 0 spiro atoms. The maximum atomic E-state index is 11.9. The largest absolute Gasteiger partial charge is 0.449 e. The van der Waals surface area contributed by atoms with E-state index in [0.717, 1.165) is 6.07 Å². The second-order valence-electron chi connectivity index (χ2n) is 4.63. The molecule has 0 aliphatic rings. The Kier molecular flexibility index (Phi) is 5.83. The summed E-state index contributed by atoms with van der Waals surface area (Å²) in [4.78, 5) is 33.7. The highest BCUT2D eigenvalue weighted by Gasteiger charge is 2.21. The van der Waals surface area contributed by atoms with Gasteiger partial charge in [0.15, 0.2) is 6.10 Å². The van der Waals surface area contributed by atoms with Gasteiger partial charge in [0.2, 0.25) is 0 Å². The Bertz CT molecular complexity index is 574. The van der Waals surface area contributed by atoms with Crippen LogP contribution in [0.3, 0.4) is 0 Å². The van der Waals surface area contributed by atoms with E-state index in [1.807, 2.05) is 0 Å². The Morgan fingerprint density at radius 3 is 2.48 bits per heavy atom. The summed E-state index contributed by atoms with van der Waals surface area (Å²) in [6.07, 6.45) is -0.984. The van der Waals surface area contributed by atoms with Crippen molar-refractivity contribution >= 4 is 33.5 Å². The molecule has 0 unspecified atom stereocenters. The van der Waals surface area contributed by atoms with Crippen LogP contribution in [-0.4, -0.2) is 28.9 Å². The number of rotatable bonds is 5. The average molecular weight is 359 g/mol. The normalized spacial score (nSPS) is 11.9. The zero-order chi connectivity index (χ0) is 16.2. The lowest BCUT2D eigenvalue weighted by atomic mass is 10.2. The van der Waals surface area contributed by atoms with Gasteiger partial charge in [-0.15, -0.1) is 0 Å². The highest BCUT2D eigenvalue weighted by Crippen LogP contribution is 2.26. The van der Waals surface area contributed by atoms with Crippen molar-refractivity contribution in [3.8, 4) is 0 Å². The van der Waals surface area contributed by atoms with Crippen LogP contribution in [0, 0.1) is 10.1 Å². The highest BCUT2D eigenvalue weighted by molar-refractivity contribution is 9.10. The van der Waals surface area contributed by atoms with Crippen LogP contribution < -0.4 is 5.32 Å². The summed E-state index contributed by atoms with van der Waals surface area (Å²) in [7, 11) is 0. The number of nitro groups is 1. The molecule has 1 rings (SSSR count). The van der Waals surface area contributed by atoms with Crippen molar-refractivity contribution in [2.75, 3.05) is 0 Å². The van der Waals surface area contributed by atoms with Crippen LogP contribution in [0.15, 0.2) is 22.7 Å². The van der Waals surface area contributed by atoms with Crippen LogP contribution >= 0.6 is 15.9 Å². The molecule has 0 saturated heterocycles.